The average Bonchev–Trinajstić information content (AvgIpc) is 3.18. The lowest BCUT2D eigenvalue weighted by Crippen LogP contribution is -2.35. The van der Waals surface area contributed by atoms with Crippen LogP contribution in [-0.4, -0.2) is 33.0 Å². The summed E-state index contributed by atoms with van der Waals surface area (Å²) in [6.07, 6.45) is 7.73. The maximum atomic E-state index is 13.0. The van der Waals surface area contributed by atoms with Crippen LogP contribution in [-0.2, 0) is 11.3 Å². The quantitative estimate of drug-likeness (QED) is 0.487. The Kier molecular flexibility index (Phi) is 5.74. The zero-order chi connectivity index (χ0) is 24.0. The number of pyridine rings is 1. The molecule has 1 fully saturated rings. The molecule has 1 unspecified atom stereocenters. The monoisotopic (exact) mass is 463 g/mol. The molecule has 2 aliphatic rings. The van der Waals surface area contributed by atoms with Gasteiger partial charge in [0.05, 0.1) is 36.7 Å². The first-order valence-electron chi connectivity index (χ1n) is 12.4. The van der Waals surface area contributed by atoms with Gasteiger partial charge in [0.2, 0.25) is 0 Å². The van der Waals surface area contributed by atoms with Crippen LogP contribution in [0.1, 0.15) is 76.2 Å². The molecule has 0 radical (unpaired) electrons. The van der Waals surface area contributed by atoms with Crippen LogP contribution < -0.4 is 10.2 Å². The van der Waals surface area contributed by atoms with Crippen molar-refractivity contribution in [2.24, 2.45) is 5.41 Å². The maximum Gasteiger partial charge on any atom is 0.343 e. The molecule has 34 heavy (non-hydrogen) atoms. The largest absolute Gasteiger partial charge is 0.488 e. The summed E-state index contributed by atoms with van der Waals surface area (Å²) in [5.74, 6) is 0.221. The summed E-state index contributed by atoms with van der Waals surface area (Å²) in [6.45, 7) is 9.09. The van der Waals surface area contributed by atoms with Gasteiger partial charge in [0.1, 0.15) is 16.8 Å². The predicted molar refractivity (Wildman–Crippen MR) is 131 cm³/mol. The highest BCUT2D eigenvalue weighted by atomic mass is 16.5. The Hall–Kier alpha value is -3.09. The normalized spacial score (nSPS) is 18.4. The van der Waals surface area contributed by atoms with Gasteiger partial charge < -0.3 is 14.0 Å². The van der Waals surface area contributed by atoms with Crippen LogP contribution in [0.15, 0.2) is 35.3 Å². The molecular weight excluding hydrogens is 430 g/mol. The van der Waals surface area contributed by atoms with E-state index in [9.17, 15) is 9.59 Å². The fourth-order valence-corrected chi connectivity index (χ4v) is 5.29. The number of benzene rings is 1. The first kappa shape index (κ1) is 22.7. The van der Waals surface area contributed by atoms with Gasteiger partial charge in [0.15, 0.2) is 5.43 Å². The van der Waals surface area contributed by atoms with Gasteiger partial charge in [-0.2, -0.15) is 5.10 Å². The number of hydrogen-bond donors (Lipinski definition) is 0. The van der Waals surface area contributed by atoms with Gasteiger partial charge in [0.25, 0.3) is 0 Å². The lowest BCUT2D eigenvalue weighted by Gasteiger charge is -2.38. The molecule has 0 bridgehead atoms. The lowest BCUT2D eigenvalue weighted by atomic mass is 9.85. The Morgan fingerprint density at radius 3 is 2.65 bits per heavy atom. The smallest absolute Gasteiger partial charge is 0.343 e. The molecule has 2 aromatic heterocycles. The number of ether oxygens (including phenoxy) is 2. The highest BCUT2D eigenvalue weighted by molar-refractivity contribution is 5.97. The standard InChI is InChI=1S/C27H33N3O4/c1-5-33-26(32)19-15-29-20(14-21(19)31)25-18-12-9-13-22(34-17-10-7-6-8-11-17)24(18)28-30(25)16-23(29)27(2,3)4/h9,12-15,17,23H,5-8,10-11,16H2,1-4H3. The average molecular weight is 464 g/mol. The number of nitrogens with zero attached hydrogens (tertiary/aromatic N) is 3. The molecule has 0 amide bonds. The molecule has 0 N–H and O–H groups in total. The van der Waals surface area contributed by atoms with E-state index in [1.807, 2.05) is 22.9 Å². The van der Waals surface area contributed by atoms with Crippen molar-refractivity contribution in [3.05, 3.63) is 46.2 Å². The number of carbonyl (C=O) groups excluding carboxylic acids is 1. The Bertz CT molecular complexity index is 1290. The fourth-order valence-electron chi connectivity index (χ4n) is 5.29. The highest BCUT2D eigenvalue weighted by Gasteiger charge is 2.35. The Morgan fingerprint density at radius 2 is 1.94 bits per heavy atom. The van der Waals surface area contributed by atoms with Crippen molar-refractivity contribution in [2.45, 2.75) is 78.5 Å². The topological polar surface area (TPSA) is 75.3 Å². The van der Waals surface area contributed by atoms with Gasteiger partial charge in [-0.05, 0) is 44.1 Å². The number of fused-ring (bicyclic) bond motifs is 5. The minimum atomic E-state index is -0.581. The Morgan fingerprint density at radius 1 is 1.18 bits per heavy atom. The summed E-state index contributed by atoms with van der Waals surface area (Å²) in [7, 11) is 0. The van der Waals surface area contributed by atoms with Gasteiger partial charge in [-0.25, -0.2) is 4.79 Å². The van der Waals surface area contributed by atoms with E-state index in [1.165, 1.54) is 19.3 Å². The third kappa shape index (κ3) is 3.91. The third-order valence-corrected chi connectivity index (χ3v) is 7.08. The Labute approximate surface area is 199 Å². The second-order valence-corrected chi connectivity index (χ2v) is 10.5. The van der Waals surface area contributed by atoms with E-state index in [2.05, 4.69) is 25.3 Å². The van der Waals surface area contributed by atoms with E-state index in [-0.39, 0.29) is 35.2 Å². The summed E-state index contributed by atoms with van der Waals surface area (Å²) in [5.41, 5.74) is 2.07. The van der Waals surface area contributed by atoms with E-state index in [0.29, 0.717) is 6.54 Å². The summed E-state index contributed by atoms with van der Waals surface area (Å²) in [6, 6.07) is 7.59. The molecule has 1 aromatic carbocycles. The van der Waals surface area contributed by atoms with Crippen molar-refractivity contribution >= 4 is 16.9 Å². The summed E-state index contributed by atoms with van der Waals surface area (Å²) >= 11 is 0. The highest BCUT2D eigenvalue weighted by Crippen LogP contribution is 2.43. The molecule has 1 aliphatic heterocycles. The van der Waals surface area contributed by atoms with Crippen LogP contribution in [0.2, 0.25) is 0 Å². The van der Waals surface area contributed by atoms with E-state index in [4.69, 9.17) is 14.6 Å². The number of aromatic nitrogens is 3. The van der Waals surface area contributed by atoms with Crippen LogP contribution in [0, 0.1) is 5.41 Å². The molecule has 0 spiro atoms. The van der Waals surface area contributed by atoms with Crippen LogP contribution in [0.25, 0.3) is 22.3 Å². The molecule has 3 aromatic rings. The molecule has 0 saturated heterocycles. The van der Waals surface area contributed by atoms with Gasteiger partial charge in [-0.15, -0.1) is 0 Å². The van der Waals surface area contributed by atoms with Crippen molar-refractivity contribution in [2.75, 3.05) is 6.61 Å². The van der Waals surface area contributed by atoms with Crippen molar-refractivity contribution in [3.63, 3.8) is 0 Å². The number of hydrogen-bond acceptors (Lipinski definition) is 5. The zero-order valence-electron chi connectivity index (χ0n) is 20.5. The molecule has 3 heterocycles. The molecule has 7 heteroatoms. The van der Waals surface area contributed by atoms with Crippen LogP contribution in [0.4, 0.5) is 0 Å². The van der Waals surface area contributed by atoms with Crippen LogP contribution >= 0.6 is 0 Å². The summed E-state index contributed by atoms with van der Waals surface area (Å²) in [4.78, 5) is 25.5. The summed E-state index contributed by atoms with van der Waals surface area (Å²) in [5, 5.41) is 5.94. The van der Waals surface area contributed by atoms with Crippen molar-refractivity contribution < 1.29 is 14.3 Å². The molecule has 5 rings (SSSR count). The second kappa shape index (κ2) is 8.60. The molecule has 180 valence electrons. The van der Waals surface area contributed by atoms with Crippen molar-refractivity contribution in [1.82, 2.24) is 14.3 Å². The van der Waals surface area contributed by atoms with Crippen molar-refractivity contribution in [3.8, 4) is 17.1 Å². The maximum absolute atomic E-state index is 13.0. The van der Waals surface area contributed by atoms with E-state index >= 15 is 0 Å². The minimum Gasteiger partial charge on any atom is -0.488 e. The van der Waals surface area contributed by atoms with Gasteiger partial charge in [-0.1, -0.05) is 39.3 Å². The van der Waals surface area contributed by atoms with Crippen LogP contribution in [0.3, 0.4) is 0 Å². The zero-order valence-corrected chi connectivity index (χ0v) is 20.5. The minimum absolute atomic E-state index is 0.000742. The number of esters is 1. The molecular formula is C27H33N3O4. The van der Waals surface area contributed by atoms with E-state index < -0.39 is 5.97 Å². The van der Waals surface area contributed by atoms with Gasteiger partial charge in [-0.3, -0.25) is 9.48 Å². The summed E-state index contributed by atoms with van der Waals surface area (Å²) < 4.78 is 15.6. The predicted octanol–water partition coefficient (Wildman–Crippen LogP) is 5.35. The second-order valence-electron chi connectivity index (χ2n) is 10.5. The third-order valence-electron chi connectivity index (χ3n) is 7.08. The van der Waals surface area contributed by atoms with Gasteiger partial charge in [0, 0.05) is 17.6 Å². The Balaban J connectivity index is 1.67. The first-order chi connectivity index (χ1) is 16.3. The molecule has 7 nitrogen and oxygen atoms in total. The van der Waals surface area contributed by atoms with E-state index in [0.717, 1.165) is 40.9 Å². The van der Waals surface area contributed by atoms with Crippen LogP contribution in [0.5, 0.6) is 5.75 Å². The SMILES string of the molecule is CCOC(=O)c1cn2c(cc1=O)-c1c3cccc(OC4CCCCC4)c3nn1CC2C(C)(C)C. The molecule has 1 atom stereocenters. The van der Waals surface area contributed by atoms with E-state index in [1.54, 1.807) is 19.2 Å². The lowest BCUT2D eigenvalue weighted by molar-refractivity contribution is 0.0522. The molecule has 1 saturated carbocycles. The van der Waals surface area contributed by atoms with Crippen molar-refractivity contribution in [1.29, 1.82) is 0 Å². The fraction of sp³-hybridized carbons (Fsp3) is 0.519. The van der Waals surface area contributed by atoms with Gasteiger partial charge >= 0.3 is 5.97 Å². The molecule has 1 aliphatic carbocycles. The first-order valence-corrected chi connectivity index (χ1v) is 12.4. The number of carbonyl (C=O) groups is 1. The number of rotatable bonds is 4.